The molecule has 0 spiro atoms. The number of benzene rings is 3. The predicted molar refractivity (Wildman–Crippen MR) is 81.9 cm³/mol. The number of hydrogen-bond donors (Lipinski definition) is 0. The highest BCUT2D eigenvalue weighted by Crippen LogP contribution is 2.28. The van der Waals surface area contributed by atoms with Crippen molar-refractivity contribution < 1.29 is 13.2 Å². The van der Waals surface area contributed by atoms with Gasteiger partial charge in [-0.1, -0.05) is 48.5 Å². The van der Waals surface area contributed by atoms with Gasteiger partial charge in [-0.15, -0.1) is 0 Å². The molecule has 0 aliphatic rings. The number of rotatable bonds is 2. The van der Waals surface area contributed by atoms with E-state index in [1.807, 2.05) is 6.07 Å². The third kappa shape index (κ3) is 2.62. The Labute approximate surface area is 126 Å². The summed E-state index contributed by atoms with van der Waals surface area (Å²) < 4.78 is 40.7. The number of hydrogen-bond acceptors (Lipinski definition) is 0. The monoisotopic (exact) mass is 298 g/mol. The van der Waals surface area contributed by atoms with Crippen molar-refractivity contribution in [3.8, 4) is 22.3 Å². The fourth-order valence-corrected chi connectivity index (χ4v) is 2.34. The molecule has 0 N–H and O–H groups in total. The third-order valence-corrected chi connectivity index (χ3v) is 3.65. The van der Waals surface area contributed by atoms with Gasteiger partial charge in [0.15, 0.2) is 11.6 Å². The van der Waals surface area contributed by atoms with Crippen LogP contribution >= 0.6 is 0 Å². The highest BCUT2D eigenvalue weighted by atomic mass is 19.2. The van der Waals surface area contributed by atoms with Crippen LogP contribution < -0.4 is 0 Å². The lowest BCUT2D eigenvalue weighted by Gasteiger charge is -2.07. The smallest absolute Gasteiger partial charge is 0.166 e. The summed E-state index contributed by atoms with van der Waals surface area (Å²) >= 11 is 0. The summed E-state index contributed by atoms with van der Waals surface area (Å²) in [5.74, 6) is -2.00. The van der Waals surface area contributed by atoms with Gasteiger partial charge in [-0.2, -0.15) is 0 Å². The fraction of sp³-hybridized carbons (Fsp3) is 0.0526. The first-order chi connectivity index (χ1) is 10.6. The molecule has 0 aliphatic heterocycles. The van der Waals surface area contributed by atoms with Crippen LogP contribution in [0.3, 0.4) is 0 Å². The summed E-state index contributed by atoms with van der Waals surface area (Å²) in [6.07, 6.45) is 0. The van der Waals surface area contributed by atoms with Gasteiger partial charge in [-0.05, 0) is 41.3 Å². The molecule has 110 valence electrons. The van der Waals surface area contributed by atoms with Gasteiger partial charge < -0.3 is 0 Å². The zero-order valence-corrected chi connectivity index (χ0v) is 11.9. The van der Waals surface area contributed by atoms with E-state index in [2.05, 4.69) is 0 Å². The lowest BCUT2D eigenvalue weighted by molar-refractivity contribution is 0.511. The molecule has 0 saturated carbocycles. The Morgan fingerprint density at radius 1 is 0.636 bits per heavy atom. The summed E-state index contributed by atoms with van der Waals surface area (Å²) in [6, 6.07) is 16.0. The fourth-order valence-electron chi connectivity index (χ4n) is 2.34. The molecule has 0 atom stereocenters. The quantitative estimate of drug-likeness (QED) is 0.565. The molecule has 0 unspecified atom stereocenters. The van der Waals surface area contributed by atoms with Gasteiger partial charge in [0.05, 0.1) is 0 Å². The molecule has 0 aromatic heterocycles. The SMILES string of the molecule is Cc1ccc(-c2ccc(-c3cccc(F)c3F)cc2)cc1F. The Balaban J connectivity index is 1.99. The zero-order chi connectivity index (χ0) is 15.7. The van der Waals surface area contributed by atoms with Crippen LogP contribution in [0.25, 0.3) is 22.3 Å². The van der Waals surface area contributed by atoms with E-state index in [-0.39, 0.29) is 11.4 Å². The van der Waals surface area contributed by atoms with Crippen LogP contribution in [0.1, 0.15) is 5.56 Å². The van der Waals surface area contributed by atoms with Gasteiger partial charge in [-0.3, -0.25) is 0 Å². The van der Waals surface area contributed by atoms with Crippen molar-refractivity contribution in [2.24, 2.45) is 0 Å². The first-order valence-electron chi connectivity index (χ1n) is 6.87. The molecule has 0 aliphatic carbocycles. The van der Waals surface area contributed by atoms with Crippen LogP contribution in [-0.4, -0.2) is 0 Å². The van der Waals surface area contributed by atoms with Crippen molar-refractivity contribution in [3.63, 3.8) is 0 Å². The number of halogens is 3. The summed E-state index contributed by atoms with van der Waals surface area (Å²) in [4.78, 5) is 0. The second-order valence-electron chi connectivity index (χ2n) is 5.14. The van der Waals surface area contributed by atoms with E-state index in [1.165, 1.54) is 18.2 Å². The van der Waals surface area contributed by atoms with E-state index in [4.69, 9.17) is 0 Å². The van der Waals surface area contributed by atoms with Crippen molar-refractivity contribution in [2.45, 2.75) is 6.92 Å². The molecule has 3 rings (SSSR count). The molecule has 0 nitrogen and oxygen atoms in total. The molecule has 0 amide bonds. The van der Waals surface area contributed by atoms with Gasteiger partial charge in [0.2, 0.25) is 0 Å². The van der Waals surface area contributed by atoms with Gasteiger partial charge in [-0.25, -0.2) is 13.2 Å². The molecular formula is C19H13F3. The second kappa shape index (κ2) is 5.68. The average molecular weight is 298 g/mol. The summed E-state index contributed by atoms with van der Waals surface area (Å²) in [5, 5.41) is 0. The Morgan fingerprint density at radius 3 is 1.95 bits per heavy atom. The largest absolute Gasteiger partial charge is 0.207 e. The molecule has 3 heteroatoms. The van der Waals surface area contributed by atoms with Crippen molar-refractivity contribution in [3.05, 3.63) is 83.7 Å². The van der Waals surface area contributed by atoms with Crippen molar-refractivity contribution in [2.75, 3.05) is 0 Å². The molecule has 0 heterocycles. The Bertz CT molecular complexity index is 821. The van der Waals surface area contributed by atoms with Crippen LogP contribution in [0.2, 0.25) is 0 Å². The second-order valence-corrected chi connectivity index (χ2v) is 5.14. The van der Waals surface area contributed by atoms with Crippen LogP contribution in [-0.2, 0) is 0 Å². The van der Waals surface area contributed by atoms with Crippen LogP contribution in [0, 0.1) is 24.4 Å². The minimum Gasteiger partial charge on any atom is -0.207 e. The maximum Gasteiger partial charge on any atom is 0.166 e. The lowest BCUT2D eigenvalue weighted by atomic mass is 9.99. The highest BCUT2D eigenvalue weighted by Gasteiger charge is 2.10. The van der Waals surface area contributed by atoms with E-state index in [0.717, 1.165) is 17.2 Å². The minimum absolute atomic E-state index is 0.210. The van der Waals surface area contributed by atoms with E-state index in [9.17, 15) is 13.2 Å². The summed E-state index contributed by atoms with van der Waals surface area (Å²) in [5.41, 5.74) is 2.94. The van der Waals surface area contributed by atoms with Crippen LogP contribution in [0.4, 0.5) is 13.2 Å². The molecule has 0 radical (unpaired) electrons. The predicted octanol–water partition coefficient (Wildman–Crippen LogP) is 5.75. The van der Waals surface area contributed by atoms with Crippen molar-refractivity contribution >= 4 is 0 Å². The summed E-state index contributed by atoms with van der Waals surface area (Å²) in [6.45, 7) is 1.70. The van der Waals surface area contributed by atoms with Crippen molar-refractivity contribution in [1.82, 2.24) is 0 Å². The lowest BCUT2D eigenvalue weighted by Crippen LogP contribution is -1.89. The average Bonchev–Trinajstić information content (AvgIpc) is 2.53. The minimum atomic E-state index is -0.873. The van der Waals surface area contributed by atoms with Crippen LogP contribution in [0.15, 0.2) is 60.7 Å². The molecule has 0 fully saturated rings. The maximum atomic E-state index is 13.8. The summed E-state index contributed by atoms with van der Waals surface area (Å²) in [7, 11) is 0. The zero-order valence-electron chi connectivity index (χ0n) is 11.9. The molecule has 3 aromatic carbocycles. The topological polar surface area (TPSA) is 0 Å². The Morgan fingerprint density at radius 2 is 1.27 bits per heavy atom. The van der Waals surface area contributed by atoms with Gasteiger partial charge in [0.1, 0.15) is 5.82 Å². The molecule has 0 bridgehead atoms. The standard InChI is InChI=1S/C19H13F3/c1-12-5-6-15(11-18(12)21)13-7-9-14(10-8-13)16-3-2-4-17(20)19(16)22/h2-11H,1H3. The number of aryl methyl sites for hydroxylation is 1. The molecule has 3 aromatic rings. The molecule has 0 saturated heterocycles. The maximum absolute atomic E-state index is 13.8. The molecule has 22 heavy (non-hydrogen) atoms. The first-order valence-corrected chi connectivity index (χ1v) is 6.87. The normalized spacial score (nSPS) is 10.7. The third-order valence-electron chi connectivity index (χ3n) is 3.65. The van der Waals surface area contributed by atoms with Crippen molar-refractivity contribution in [1.29, 1.82) is 0 Å². The van der Waals surface area contributed by atoms with Gasteiger partial charge in [0.25, 0.3) is 0 Å². The van der Waals surface area contributed by atoms with E-state index in [1.54, 1.807) is 37.3 Å². The van der Waals surface area contributed by atoms with Gasteiger partial charge in [0, 0.05) is 5.56 Å². The Hall–Kier alpha value is -2.55. The molecular weight excluding hydrogens is 285 g/mol. The van der Waals surface area contributed by atoms with Crippen LogP contribution in [0.5, 0.6) is 0 Å². The first kappa shape index (κ1) is 14.4. The van der Waals surface area contributed by atoms with E-state index >= 15 is 0 Å². The Kier molecular flexibility index (Phi) is 3.72. The van der Waals surface area contributed by atoms with Gasteiger partial charge >= 0.3 is 0 Å². The van der Waals surface area contributed by atoms with E-state index in [0.29, 0.717) is 11.1 Å². The van der Waals surface area contributed by atoms with E-state index < -0.39 is 11.6 Å². The highest BCUT2D eigenvalue weighted by molar-refractivity contribution is 5.70.